The fourth-order valence-corrected chi connectivity index (χ4v) is 12.2. The Hall–Kier alpha value is -3.36. The number of methoxy groups -OCH3 is 2. The minimum atomic E-state index is -1.28. The number of thioether (sulfide) groups is 4. The quantitative estimate of drug-likeness (QED) is 0.0723. The number of nitro benzene ring substituents is 2. The van der Waals surface area contributed by atoms with Gasteiger partial charge in [0.1, 0.15) is 23.5 Å². The van der Waals surface area contributed by atoms with Crippen molar-refractivity contribution >= 4 is 70.2 Å². The highest BCUT2D eigenvalue weighted by molar-refractivity contribution is 8.17. The number of nitrogens with zero attached hydrogens (tertiary/aromatic N) is 4. The van der Waals surface area contributed by atoms with Crippen molar-refractivity contribution in [2.75, 3.05) is 57.1 Å². The number of likely N-dealkylation sites (tertiary alicyclic amines) is 2. The maximum atomic E-state index is 14.8. The van der Waals surface area contributed by atoms with E-state index in [1.54, 1.807) is 47.0 Å². The molecule has 0 aliphatic carbocycles. The van der Waals surface area contributed by atoms with Crippen molar-refractivity contribution in [1.29, 1.82) is 0 Å². The molecular formula is C35H46F2N4O10S4. The number of nitro groups is 2. The molecule has 2 aliphatic rings. The molecule has 4 rings (SSSR count). The lowest BCUT2D eigenvalue weighted by molar-refractivity contribution is -0.385. The summed E-state index contributed by atoms with van der Waals surface area (Å²) in [5, 5.41) is 24.5. The van der Waals surface area contributed by atoms with Crippen LogP contribution in [-0.4, -0.2) is 122 Å². The number of hydrogen-bond acceptors (Lipinski definition) is 14. The Bertz CT molecular complexity index is 1570. The van der Waals surface area contributed by atoms with Crippen LogP contribution in [0.3, 0.4) is 0 Å². The third kappa shape index (κ3) is 10.5. The molecule has 55 heavy (non-hydrogen) atoms. The molecule has 2 fully saturated rings. The number of carbonyl (C=O) groups excluding carboxylic acids is 2. The monoisotopic (exact) mass is 848 g/mol. The number of carbonyl (C=O) groups is 2. The van der Waals surface area contributed by atoms with Crippen LogP contribution in [0.2, 0.25) is 0 Å². The van der Waals surface area contributed by atoms with E-state index in [0.717, 1.165) is 47.3 Å². The molecule has 0 aromatic heterocycles. The molecule has 2 saturated heterocycles. The van der Waals surface area contributed by atoms with E-state index in [-0.39, 0.29) is 69.2 Å². The molecule has 0 spiro atoms. The lowest BCUT2D eigenvalue weighted by Crippen LogP contribution is -2.41. The van der Waals surface area contributed by atoms with E-state index in [1.165, 1.54) is 24.0 Å². The number of benzene rings is 2. The molecule has 0 unspecified atom stereocenters. The molecule has 2 aromatic rings. The van der Waals surface area contributed by atoms with Gasteiger partial charge in [0.15, 0.2) is 23.0 Å². The smallest absolute Gasteiger partial charge is 0.286 e. The first-order valence-corrected chi connectivity index (χ1v) is 21.9. The molecule has 0 N–H and O–H groups in total. The van der Waals surface area contributed by atoms with Crippen molar-refractivity contribution in [1.82, 2.24) is 9.80 Å². The number of alkyl halides is 2. The van der Waals surface area contributed by atoms with Crippen molar-refractivity contribution in [3.8, 4) is 23.0 Å². The Balaban J connectivity index is 1.60. The van der Waals surface area contributed by atoms with Crippen LogP contribution in [0.1, 0.15) is 61.3 Å². The average Bonchev–Trinajstić information content (AvgIpc) is 3.75. The molecule has 20 heteroatoms. The number of rotatable bonds is 20. The van der Waals surface area contributed by atoms with Crippen molar-refractivity contribution < 1.29 is 47.2 Å². The molecule has 14 nitrogen and oxygen atoms in total. The molecule has 0 radical (unpaired) electrons. The average molecular weight is 849 g/mol. The fourth-order valence-electron chi connectivity index (χ4n) is 6.56. The first-order valence-electron chi connectivity index (χ1n) is 17.7. The zero-order valence-electron chi connectivity index (χ0n) is 31.4. The maximum Gasteiger partial charge on any atom is 0.286 e. The van der Waals surface area contributed by atoms with Crippen molar-refractivity contribution in [3.63, 3.8) is 0 Å². The minimum absolute atomic E-state index is 0.0569. The van der Waals surface area contributed by atoms with Gasteiger partial charge in [-0.3, -0.25) is 29.8 Å². The summed E-state index contributed by atoms with van der Waals surface area (Å²) in [7, 11) is 2.54. The van der Waals surface area contributed by atoms with Gasteiger partial charge >= 0.3 is 0 Å². The number of amides is 2. The summed E-state index contributed by atoms with van der Waals surface area (Å²) in [6, 6.07) is 3.36. The third-order valence-corrected chi connectivity index (χ3v) is 14.4. The van der Waals surface area contributed by atoms with E-state index >= 15 is 0 Å². The summed E-state index contributed by atoms with van der Waals surface area (Å²) in [6.45, 7) is 6.80. The second-order valence-electron chi connectivity index (χ2n) is 12.2. The van der Waals surface area contributed by atoms with Gasteiger partial charge in [0.25, 0.3) is 23.2 Å². The molecular weight excluding hydrogens is 803 g/mol. The van der Waals surface area contributed by atoms with Crippen LogP contribution in [0.15, 0.2) is 24.3 Å². The van der Waals surface area contributed by atoms with E-state index in [4.69, 9.17) is 18.9 Å². The van der Waals surface area contributed by atoms with Crippen LogP contribution < -0.4 is 18.9 Å². The van der Waals surface area contributed by atoms with Gasteiger partial charge in [-0.1, -0.05) is 27.7 Å². The largest absolute Gasteiger partial charge is 0.493 e. The summed E-state index contributed by atoms with van der Waals surface area (Å²) in [5.74, 6) is 1.07. The zero-order valence-corrected chi connectivity index (χ0v) is 34.7. The molecule has 4 atom stereocenters. The summed E-state index contributed by atoms with van der Waals surface area (Å²) >= 11 is 6.36. The van der Waals surface area contributed by atoms with Crippen molar-refractivity contribution in [3.05, 3.63) is 55.6 Å². The molecule has 304 valence electrons. The standard InChI is InChI=1S/C35H46F2N4O10S4/c1-7-52-34(53-8-2)26-11-20(36)17-38(26)32(42)22-13-28(48-5)30(15-24(22)40(44)45)50-19-51-31-16-25(41(46)47)23(14-29(31)49-6)33(43)39-18-21(37)12-27(39)35(54-9-3)55-10-4/h13-16,20-21,26-27,34-35H,7-12,17-19H2,1-6H3/t20-,21-,26-,27-/m0/s1. The van der Waals surface area contributed by atoms with Gasteiger partial charge in [-0.05, 0) is 23.0 Å². The van der Waals surface area contributed by atoms with E-state index in [0.29, 0.717) is 0 Å². The second-order valence-corrected chi connectivity index (χ2v) is 18.5. The van der Waals surface area contributed by atoms with Crippen LogP contribution in [-0.2, 0) is 0 Å². The maximum absolute atomic E-state index is 14.8. The second kappa shape index (κ2) is 20.7. The topological polar surface area (TPSA) is 164 Å². The Morgan fingerprint density at radius 3 is 1.33 bits per heavy atom. The zero-order chi connectivity index (χ0) is 40.4. The number of halogens is 2. The lowest BCUT2D eigenvalue weighted by atomic mass is 10.1. The van der Waals surface area contributed by atoms with E-state index in [2.05, 4.69) is 0 Å². The molecule has 2 heterocycles. The van der Waals surface area contributed by atoms with Crippen LogP contribution in [0.4, 0.5) is 20.2 Å². The summed E-state index contributed by atoms with van der Waals surface area (Å²) < 4.78 is 51.5. The Morgan fingerprint density at radius 2 is 1.04 bits per heavy atom. The first-order chi connectivity index (χ1) is 26.3. The van der Waals surface area contributed by atoms with E-state index in [9.17, 15) is 38.6 Å². The predicted molar refractivity (Wildman–Crippen MR) is 214 cm³/mol. The Kier molecular flexibility index (Phi) is 16.7. The third-order valence-electron chi connectivity index (χ3n) is 8.91. The molecule has 2 aliphatic heterocycles. The van der Waals surface area contributed by atoms with Gasteiger partial charge in [0.2, 0.25) is 6.79 Å². The van der Waals surface area contributed by atoms with Gasteiger partial charge in [-0.2, -0.15) is 0 Å². The van der Waals surface area contributed by atoms with Crippen LogP contribution in [0.5, 0.6) is 23.0 Å². The van der Waals surface area contributed by atoms with Gasteiger partial charge in [0, 0.05) is 25.0 Å². The van der Waals surface area contributed by atoms with Crippen molar-refractivity contribution in [2.24, 2.45) is 0 Å². The van der Waals surface area contributed by atoms with Gasteiger partial charge in [0.05, 0.1) is 70.5 Å². The Morgan fingerprint density at radius 1 is 0.691 bits per heavy atom. The van der Waals surface area contributed by atoms with Crippen LogP contribution >= 0.6 is 47.0 Å². The highest BCUT2D eigenvalue weighted by Crippen LogP contribution is 2.42. The van der Waals surface area contributed by atoms with E-state index in [1.807, 2.05) is 27.7 Å². The van der Waals surface area contributed by atoms with Gasteiger partial charge in [-0.25, -0.2) is 8.78 Å². The summed E-state index contributed by atoms with van der Waals surface area (Å²) in [6.07, 6.45) is -2.34. The SMILES string of the molecule is CCSC(SCC)[C@@H]1C[C@H](F)CN1C(=O)c1cc(OC)c(OCOc2cc([N+](=O)[O-])c(C(=O)N3C[C@@H](F)C[C@H]3C(SCC)SCC)cc2OC)cc1[N+](=O)[O-]. The fraction of sp³-hybridized carbons (Fsp3) is 0.600. The molecule has 2 amide bonds. The van der Waals surface area contributed by atoms with Crippen molar-refractivity contribution in [2.45, 2.75) is 74.1 Å². The highest BCUT2D eigenvalue weighted by atomic mass is 32.2. The van der Waals surface area contributed by atoms with Crippen LogP contribution in [0.25, 0.3) is 0 Å². The highest BCUT2D eigenvalue weighted by Gasteiger charge is 2.44. The normalized spacial score (nSPS) is 19.6. The number of hydrogen-bond donors (Lipinski definition) is 0. The van der Waals surface area contributed by atoms with E-state index < -0.39 is 64.3 Å². The van der Waals surface area contributed by atoms with Crippen LogP contribution in [0, 0.1) is 20.2 Å². The first kappa shape index (κ1) is 44.4. The minimum Gasteiger partial charge on any atom is -0.493 e. The summed E-state index contributed by atoms with van der Waals surface area (Å²) in [5.41, 5.74) is -1.82. The Labute approximate surface area is 335 Å². The molecule has 0 saturated carbocycles. The van der Waals surface area contributed by atoms with Gasteiger partial charge < -0.3 is 28.7 Å². The summed E-state index contributed by atoms with van der Waals surface area (Å²) in [4.78, 5) is 53.5. The van der Waals surface area contributed by atoms with Gasteiger partial charge in [-0.15, -0.1) is 47.0 Å². The molecule has 2 aromatic carbocycles. The predicted octanol–water partition coefficient (Wildman–Crippen LogP) is 7.71. The lowest BCUT2D eigenvalue weighted by Gasteiger charge is -2.30. The number of ether oxygens (including phenoxy) is 4. The molecule has 0 bridgehead atoms.